The fourth-order valence-electron chi connectivity index (χ4n) is 4.21. The first kappa shape index (κ1) is 41.0. The summed E-state index contributed by atoms with van der Waals surface area (Å²) >= 11 is 7.56. The zero-order chi connectivity index (χ0) is 33.2. The van der Waals surface area contributed by atoms with Crippen LogP contribution in [0.25, 0.3) is 6.08 Å². The molecule has 1 aromatic carbocycles. The van der Waals surface area contributed by atoms with Gasteiger partial charge in [0.25, 0.3) is 0 Å². The molecule has 0 bridgehead atoms. The molecular formula is C34H54ClN5O3S. The van der Waals surface area contributed by atoms with Crippen molar-refractivity contribution in [2.45, 2.75) is 86.1 Å². The monoisotopic (exact) mass is 647 g/mol. The number of rotatable bonds is 13. The van der Waals surface area contributed by atoms with Crippen LogP contribution in [0.3, 0.4) is 0 Å². The smallest absolute Gasteiger partial charge is 0.243 e. The van der Waals surface area contributed by atoms with Crippen LogP contribution in [-0.2, 0) is 27.2 Å². The maximum Gasteiger partial charge on any atom is 0.243 e. The molecule has 3 amide bonds. The zero-order valence-corrected chi connectivity index (χ0v) is 29.3. The molecule has 8 nitrogen and oxygen atoms in total. The Morgan fingerprint density at radius 1 is 1.09 bits per heavy atom. The number of aromatic nitrogens is 1. The topological polar surface area (TPSA) is 103 Å². The highest BCUT2D eigenvalue weighted by Crippen LogP contribution is 2.23. The number of nitrogens with zero attached hydrogens (tertiary/aromatic N) is 2. The van der Waals surface area contributed by atoms with E-state index in [2.05, 4.69) is 25.8 Å². The van der Waals surface area contributed by atoms with Crippen molar-refractivity contribution >= 4 is 47.2 Å². The van der Waals surface area contributed by atoms with Crippen LogP contribution in [0, 0.1) is 6.92 Å². The number of carbonyl (C=O) groups is 3. The van der Waals surface area contributed by atoms with Crippen LogP contribution in [-0.4, -0.2) is 67.4 Å². The molecule has 1 fully saturated rings. The van der Waals surface area contributed by atoms with E-state index in [9.17, 15) is 9.59 Å². The van der Waals surface area contributed by atoms with Crippen molar-refractivity contribution in [1.82, 2.24) is 25.8 Å². The highest BCUT2D eigenvalue weighted by molar-refractivity contribution is 7.12. The number of amides is 3. The van der Waals surface area contributed by atoms with E-state index < -0.39 is 0 Å². The number of likely N-dealkylation sites (tertiary alicyclic amines) is 1. The van der Waals surface area contributed by atoms with Gasteiger partial charge in [0.15, 0.2) is 0 Å². The lowest BCUT2D eigenvalue weighted by molar-refractivity contribution is -0.122. The number of carbonyl (C=O) groups excluding carboxylic acids is 3. The van der Waals surface area contributed by atoms with E-state index in [0.29, 0.717) is 37.2 Å². The first-order chi connectivity index (χ1) is 21.3. The largest absolute Gasteiger partial charge is 0.362 e. The Balaban J connectivity index is 0.00000210. The van der Waals surface area contributed by atoms with Gasteiger partial charge in [-0.2, -0.15) is 0 Å². The fourth-order valence-corrected chi connectivity index (χ4v) is 5.46. The molecule has 0 saturated carbocycles. The van der Waals surface area contributed by atoms with Crippen LogP contribution in [0.5, 0.6) is 0 Å². The molecule has 0 aliphatic carbocycles. The second-order valence-electron chi connectivity index (χ2n) is 9.66. The second-order valence-corrected chi connectivity index (χ2v) is 11.4. The van der Waals surface area contributed by atoms with Gasteiger partial charge in [-0.05, 0) is 57.8 Å². The van der Waals surface area contributed by atoms with Gasteiger partial charge in [-0.15, -0.1) is 11.3 Å². The lowest BCUT2D eigenvalue weighted by Crippen LogP contribution is -2.44. The SMILES string of the molecule is C/C(Cl)=C\c1sc(CCC(=O)NC(CNC(=O)/C=C/CN2CCCCC2)Cc2ccccc2)nc1C.CC.CC.CNC=O. The predicted octanol–water partition coefficient (Wildman–Crippen LogP) is 6.28. The molecule has 1 atom stereocenters. The molecule has 1 unspecified atom stereocenters. The number of halogens is 1. The van der Waals surface area contributed by atoms with Crippen LogP contribution in [0.2, 0.25) is 0 Å². The summed E-state index contributed by atoms with van der Waals surface area (Å²) in [5, 5.41) is 9.94. The van der Waals surface area contributed by atoms with Crippen molar-refractivity contribution in [3.63, 3.8) is 0 Å². The number of allylic oxidation sites excluding steroid dienone is 1. The Kier molecular flexibility index (Phi) is 24.6. The summed E-state index contributed by atoms with van der Waals surface area (Å²) < 4.78 is 0. The molecule has 0 radical (unpaired) electrons. The van der Waals surface area contributed by atoms with Crippen molar-refractivity contribution in [1.29, 1.82) is 0 Å². The van der Waals surface area contributed by atoms with Crippen LogP contribution in [0.4, 0.5) is 0 Å². The van der Waals surface area contributed by atoms with Crippen LogP contribution in [0.1, 0.15) is 81.4 Å². The van der Waals surface area contributed by atoms with Gasteiger partial charge in [0.2, 0.25) is 18.2 Å². The Hall–Kier alpha value is -3.01. The third-order valence-corrected chi connectivity index (χ3v) is 7.46. The number of hydrogen-bond acceptors (Lipinski definition) is 6. The lowest BCUT2D eigenvalue weighted by atomic mass is 10.1. The number of nitrogens with one attached hydrogen (secondary N) is 3. The van der Waals surface area contributed by atoms with Gasteiger partial charge in [0.05, 0.1) is 21.6 Å². The van der Waals surface area contributed by atoms with Gasteiger partial charge in [-0.25, -0.2) is 4.98 Å². The standard InChI is InChI=1S/C28H37ClN4O2S.C2H5NO.2C2H6/c1-21(29)18-25-22(2)31-28(36-25)14-13-27(35)32-24(19-23-10-5-3-6-11-23)20-30-26(34)12-9-17-33-15-7-4-8-16-33;1-3-2-4;2*1-2/h3,5-6,9-12,18,24H,4,7-8,13-17,19-20H2,1-2H3,(H,30,34)(H,32,35);2H,1H3,(H,3,4);2*1-2H3/b12-9+,21-18+;;;. The summed E-state index contributed by atoms with van der Waals surface area (Å²) in [6.45, 7) is 15.2. The molecule has 0 spiro atoms. The molecule has 246 valence electrons. The van der Waals surface area contributed by atoms with E-state index in [-0.39, 0.29) is 17.9 Å². The Morgan fingerprint density at radius 3 is 2.32 bits per heavy atom. The molecule has 2 heterocycles. The highest BCUT2D eigenvalue weighted by Gasteiger charge is 2.16. The van der Waals surface area contributed by atoms with Gasteiger partial charge >= 0.3 is 0 Å². The molecule has 10 heteroatoms. The average molecular weight is 648 g/mol. The minimum Gasteiger partial charge on any atom is -0.362 e. The van der Waals surface area contributed by atoms with Crippen molar-refractivity contribution in [2.24, 2.45) is 0 Å². The minimum atomic E-state index is -0.199. The molecule has 44 heavy (non-hydrogen) atoms. The second kappa shape index (κ2) is 26.4. The lowest BCUT2D eigenvalue weighted by Gasteiger charge is -2.24. The molecule has 1 aliphatic heterocycles. The van der Waals surface area contributed by atoms with Gasteiger partial charge in [0.1, 0.15) is 0 Å². The van der Waals surface area contributed by atoms with Gasteiger partial charge in [-0.3, -0.25) is 19.3 Å². The number of aryl methyl sites for hydroxylation is 2. The van der Waals surface area contributed by atoms with E-state index in [0.717, 1.165) is 40.8 Å². The molecular weight excluding hydrogens is 594 g/mol. The fraction of sp³-hybridized carbons (Fsp3) is 0.529. The van der Waals surface area contributed by atoms with E-state index >= 15 is 0 Å². The molecule has 2 aromatic rings. The molecule has 1 aliphatic rings. The number of piperidine rings is 1. The third-order valence-electron chi connectivity index (χ3n) is 6.18. The van der Waals surface area contributed by atoms with Crippen molar-refractivity contribution in [2.75, 3.05) is 33.2 Å². The predicted molar refractivity (Wildman–Crippen MR) is 187 cm³/mol. The maximum atomic E-state index is 12.8. The van der Waals surface area contributed by atoms with Gasteiger partial charge < -0.3 is 16.0 Å². The molecule has 3 rings (SSSR count). The van der Waals surface area contributed by atoms with Crippen LogP contribution < -0.4 is 16.0 Å². The summed E-state index contributed by atoms with van der Waals surface area (Å²) in [7, 11) is 1.56. The summed E-state index contributed by atoms with van der Waals surface area (Å²) in [6, 6.07) is 9.80. The van der Waals surface area contributed by atoms with Crippen molar-refractivity contribution < 1.29 is 14.4 Å². The van der Waals surface area contributed by atoms with E-state index in [1.807, 2.05) is 84.0 Å². The Bertz CT molecular complexity index is 1110. The summed E-state index contributed by atoms with van der Waals surface area (Å²) in [5.74, 6) is -0.183. The summed E-state index contributed by atoms with van der Waals surface area (Å²) in [4.78, 5) is 42.2. The van der Waals surface area contributed by atoms with Crippen LogP contribution >= 0.6 is 22.9 Å². The number of thiazole rings is 1. The number of hydrogen-bond donors (Lipinski definition) is 3. The van der Waals surface area contributed by atoms with E-state index in [4.69, 9.17) is 16.4 Å². The normalized spacial score (nSPS) is 13.6. The third kappa shape index (κ3) is 19.3. The molecule has 1 saturated heterocycles. The first-order valence-electron chi connectivity index (χ1n) is 15.7. The first-order valence-corrected chi connectivity index (χ1v) is 16.9. The van der Waals surface area contributed by atoms with Crippen LogP contribution in [0.15, 0.2) is 47.5 Å². The highest BCUT2D eigenvalue weighted by atomic mass is 35.5. The summed E-state index contributed by atoms with van der Waals surface area (Å²) in [6.07, 6.45) is 11.4. The van der Waals surface area contributed by atoms with Crippen molar-refractivity contribution in [3.05, 3.63) is 68.7 Å². The van der Waals surface area contributed by atoms with E-state index in [1.165, 1.54) is 19.3 Å². The van der Waals surface area contributed by atoms with E-state index in [1.54, 1.807) is 24.5 Å². The Morgan fingerprint density at radius 2 is 1.73 bits per heavy atom. The van der Waals surface area contributed by atoms with Crippen molar-refractivity contribution in [3.8, 4) is 0 Å². The zero-order valence-electron chi connectivity index (χ0n) is 27.7. The average Bonchev–Trinajstić information content (AvgIpc) is 3.39. The van der Waals surface area contributed by atoms with Gasteiger partial charge in [-0.1, -0.05) is 82.1 Å². The minimum absolute atomic E-state index is 0.0516. The maximum absolute atomic E-state index is 12.8. The molecule has 3 N–H and O–H groups in total. The Labute approximate surface area is 274 Å². The quantitative estimate of drug-likeness (QED) is 0.175. The molecule has 1 aromatic heterocycles. The summed E-state index contributed by atoms with van der Waals surface area (Å²) in [5.41, 5.74) is 2.04. The number of benzene rings is 1. The van der Waals surface area contributed by atoms with Gasteiger partial charge in [0, 0.05) is 44.1 Å².